The van der Waals surface area contributed by atoms with Crippen molar-refractivity contribution in [2.45, 2.75) is 50.6 Å². The molecule has 0 aromatic heterocycles. The molecule has 3 heterocycles. The number of urea groups is 1. The third-order valence-corrected chi connectivity index (χ3v) is 6.51. The number of fused-ring (bicyclic) bond motifs is 1. The molecule has 9 nitrogen and oxygen atoms in total. The maximum absolute atomic E-state index is 12.9. The van der Waals surface area contributed by atoms with E-state index in [0.29, 0.717) is 30.8 Å². The Labute approximate surface area is 181 Å². The first-order valence-corrected chi connectivity index (χ1v) is 10.6. The predicted octanol–water partition coefficient (Wildman–Crippen LogP) is 1.06. The first-order valence-electron chi connectivity index (χ1n) is 10.6. The zero-order valence-electron chi connectivity index (χ0n) is 18.1. The molecule has 2 fully saturated rings. The number of nitrogens with zero attached hydrogens (tertiary/aromatic N) is 2. The lowest BCUT2D eigenvalue weighted by molar-refractivity contribution is -0.132. The highest BCUT2D eigenvalue weighted by molar-refractivity contribution is 6.06. The van der Waals surface area contributed by atoms with E-state index in [1.165, 1.54) is 0 Å². The van der Waals surface area contributed by atoms with Crippen molar-refractivity contribution in [3.8, 4) is 5.75 Å². The lowest BCUT2D eigenvalue weighted by Crippen LogP contribution is -2.50. The quantitative estimate of drug-likeness (QED) is 0.698. The number of ether oxygens (including phenoxy) is 1. The van der Waals surface area contributed by atoms with Crippen LogP contribution in [0.5, 0.6) is 5.75 Å². The highest BCUT2D eigenvalue weighted by Crippen LogP contribution is 2.32. The molecule has 1 spiro atoms. The van der Waals surface area contributed by atoms with Crippen molar-refractivity contribution in [1.82, 2.24) is 20.4 Å². The first-order chi connectivity index (χ1) is 14.6. The molecule has 9 heteroatoms. The SMILES string of the molecule is COc1ccc2c(c1)C(=O)N[C@@]1(CC2)CCN(C(=O)CCN2C(=O)NC(C)(C)C2=O)C1. The van der Waals surface area contributed by atoms with Gasteiger partial charge in [-0.2, -0.15) is 0 Å². The molecule has 5 amide bonds. The summed E-state index contributed by atoms with van der Waals surface area (Å²) < 4.78 is 5.24. The van der Waals surface area contributed by atoms with Crippen LogP contribution in [0.2, 0.25) is 0 Å². The lowest BCUT2D eigenvalue weighted by Gasteiger charge is -2.29. The second-order valence-corrected chi connectivity index (χ2v) is 9.08. The Hall–Kier alpha value is -3.10. The van der Waals surface area contributed by atoms with Crippen molar-refractivity contribution in [1.29, 1.82) is 0 Å². The summed E-state index contributed by atoms with van der Waals surface area (Å²) in [7, 11) is 1.57. The third kappa shape index (κ3) is 3.84. The summed E-state index contributed by atoms with van der Waals surface area (Å²) in [5.74, 6) is 0.0336. The molecule has 3 aliphatic heterocycles. The van der Waals surface area contributed by atoms with Crippen LogP contribution in [-0.4, -0.2) is 71.4 Å². The number of nitrogens with one attached hydrogen (secondary N) is 2. The van der Waals surface area contributed by atoms with Gasteiger partial charge in [0.1, 0.15) is 11.3 Å². The van der Waals surface area contributed by atoms with E-state index in [4.69, 9.17) is 4.74 Å². The average molecular weight is 428 g/mol. The molecule has 4 rings (SSSR count). The Kier molecular flexibility index (Phi) is 5.15. The van der Waals surface area contributed by atoms with Crippen molar-refractivity contribution < 1.29 is 23.9 Å². The second kappa shape index (κ2) is 7.55. The molecule has 166 valence electrons. The number of carbonyl (C=O) groups excluding carboxylic acids is 4. The second-order valence-electron chi connectivity index (χ2n) is 9.08. The zero-order valence-corrected chi connectivity index (χ0v) is 18.1. The van der Waals surface area contributed by atoms with E-state index < -0.39 is 17.1 Å². The van der Waals surface area contributed by atoms with Crippen LogP contribution in [0, 0.1) is 0 Å². The number of imide groups is 1. The summed E-state index contributed by atoms with van der Waals surface area (Å²) in [5.41, 5.74) is 0.172. The molecule has 3 aliphatic rings. The number of likely N-dealkylation sites (tertiary alicyclic amines) is 1. The highest BCUT2D eigenvalue weighted by atomic mass is 16.5. The molecule has 0 unspecified atom stereocenters. The van der Waals surface area contributed by atoms with E-state index in [1.807, 2.05) is 12.1 Å². The van der Waals surface area contributed by atoms with Gasteiger partial charge in [0, 0.05) is 31.6 Å². The Bertz CT molecular complexity index is 959. The van der Waals surface area contributed by atoms with Gasteiger partial charge in [0.25, 0.3) is 11.8 Å². The minimum Gasteiger partial charge on any atom is -0.497 e. The van der Waals surface area contributed by atoms with Gasteiger partial charge in [0.15, 0.2) is 0 Å². The van der Waals surface area contributed by atoms with Gasteiger partial charge in [-0.3, -0.25) is 19.3 Å². The van der Waals surface area contributed by atoms with Crippen LogP contribution in [0.25, 0.3) is 0 Å². The van der Waals surface area contributed by atoms with Crippen molar-refractivity contribution in [3.63, 3.8) is 0 Å². The highest BCUT2D eigenvalue weighted by Gasteiger charge is 2.45. The van der Waals surface area contributed by atoms with Gasteiger partial charge in [-0.15, -0.1) is 0 Å². The summed E-state index contributed by atoms with van der Waals surface area (Å²) in [4.78, 5) is 52.8. The Balaban J connectivity index is 1.39. The van der Waals surface area contributed by atoms with Crippen LogP contribution >= 0.6 is 0 Å². The average Bonchev–Trinajstić information content (AvgIpc) is 3.18. The maximum atomic E-state index is 12.9. The molecular weight excluding hydrogens is 400 g/mol. The van der Waals surface area contributed by atoms with Gasteiger partial charge in [-0.05, 0) is 50.8 Å². The van der Waals surface area contributed by atoms with Crippen LogP contribution < -0.4 is 15.4 Å². The van der Waals surface area contributed by atoms with Crippen LogP contribution in [-0.2, 0) is 16.0 Å². The van der Waals surface area contributed by atoms with Crippen molar-refractivity contribution in [3.05, 3.63) is 29.3 Å². The molecule has 1 atom stereocenters. The van der Waals surface area contributed by atoms with Crippen molar-refractivity contribution in [2.24, 2.45) is 0 Å². The topological polar surface area (TPSA) is 108 Å². The Morgan fingerprint density at radius 1 is 1.16 bits per heavy atom. The van der Waals surface area contributed by atoms with Crippen LogP contribution in [0.15, 0.2) is 18.2 Å². The fraction of sp³-hybridized carbons (Fsp3) is 0.545. The van der Waals surface area contributed by atoms with Crippen LogP contribution in [0.1, 0.15) is 49.0 Å². The first kappa shape index (κ1) is 21.1. The van der Waals surface area contributed by atoms with Crippen LogP contribution in [0.3, 0.4) is 0 Å². The fourth-order valence-corrected chi connectivity index (χ4v) is 4.63. The number of benzene rings is 1. The number of hydrogen-bond acceptors (Lipinski definition) is 5. The number of aryl methyl sites for hydroxylation is 1. The van der Waals surface area contributed by atoms with Gasteiger partial charge < -0.3 is 20.3 Å². The number of rotatable bonds is 4. The minimum absolute atomic E-state index is 0.0496. The molecule has 0 aliphatic carbocycles. The smallest absolute Gasteiger partial charge is 0.325 e. The number of carbonyl (C=O) groups is 4. The van der Waals surface area contributed by atoms with E-state index in [0.717, 1.165) is 23.3 Å². The third-order valence-electron chi connectivity index (χ3n) is 6.51. The monoisotopic (exact) mass is 428 g/mol. The lowest BCUT2D eigenvalue weighted by atomic mass is 9.91. The number of amides is 5. The molecular formula is C22H28N4O5. The van der Waals surface area contributed by atoms with Crippen LogP contribution in [0.4, 0.5) is 4.79 Å². The van der Waals surface area contributed by atoms with E-state index in [-0.39, 0.29) is 30.7 Å². The number of methoxy groups -OCH3 is 1. The summed E-state index contributed by atoms with van der Waals surface area (Å²) in [5, 5.41) is 5.77. The summed E-state index contributed by atoms with van der Waals surface area (Å²) in [6.45, 7) is 4.29. The van der Waals surface area contributed by atoms with Gasteiger partial charge in [-0.25, -0.2) is 4.79 Å². The van der Waals surface area contributed by atoms with Gasteiger partial charge in [0.2, 0.25) is 5.91 Å². The predicted molar refractivity (Wildman–Crippen MR) is 112 cm³/mol. The van der Waals surface area contributed by atoms with Gasteiger partial charge in [-0.1, -0.05) is 6.07 Å². The van der Waals surface area contributed by atoms with E-state index >= 15 is 0 Å². The molecule has 0 saturated carbocycles. The summed E-state index contributed by atoms with van der Waals surface area (Å²) >= 11 is 0. The Morgan fingerprint density at radius 2 is 1.94 bits per heavy atom. The van der Waals surface area contributed by atoms with Gasteiger partial charge >= 0.3 is 6.03 Å². The summed E-state index contributed by atoms with van der Waals surface area (Å²) in [6.07, 6.45) is 2.21. The normalized spacial score (nSPS) is 24.7. The summed E-state index contributed by atoms with van der Waals surface area (Å²) in [6, 6.07) is 5.06. The van der Waals surface area contributed by atoms with E-state index in [2.05, 4.69) is 10.6 Å². The molecule has 0 bridgehead atoms. The molecule has 0 radical (unpaired) electrons. The Morgan fingerprint density at radius 3 is 2.61 bits per heavy atom. The minimum atomic E-state index is -0.944. The standard InChI is InChI=1S/C22H28N4O5/c1-21(2)19(29)26(20(30)24-21)10-7-17(27)25-11-9-22(13-25)8-6-14-4-5-15(31-3)12-16(14)18(28)23-22/h4-5,12H,6-11,13H2,1-3H3,(H,23,28)(H,24,30)/t22-/m0/s1. The maximum Gasteiger partial charge on any atom is 0.325 e. The van der Waals surface area contributed by atoms with Crippen molar-refractivity contribution in [2.75, 3.05) is 26.7 Å². The molecule has 2 saturated heterocycles. The van der Waals surface area contributed by atoms with Gasteiger partial charge in [0.05, 0.1) is 12.6 Å². The fourth-order valence-electron chi connectivity index (χ4n) is 4.63. The van der Waals surface area contributed by atoms with E-state index in [9.17, 15) is 19.2 Å². The van der Waals surface area contributed by atoms with Crippen molar-refractivity contribution >= 4 is 23.8 Å². The molecule has 2 N–H and O–H groups in total. The molecule has 1 aromatic rings. The molecule has 1 aromatic carbocycles. The number of hydrogen-bond donors (Lipinski definition) is 2. The zero-order chi connectivity index (χ0) is 22.4. The molecule has 31 heavy (non-hydrogen) atoms. The largest absolute Gasteiger partial charge is 0.497 e. The van der Waals surface area contributed by atoms with E-state index in [1.54, 1.807) is 31.9 Å².